The molecule has 17 heavy (non-hydrogen) atoms. The molecule has 1 saturated carbocycles. The van der Waals surface area contributed by atoms with Crippen molar-refractivity contribution in [1.82, 2.24) is 0 Å². The lowest BCUT2D eigenvalue weighted by Crippen LogP contribution is -2.33. The molecule has 0 radical (unpaired) electrons. The van der Waals surface area contributed by atoms with Crippen LogP contribution >= 0.6 is 11.6 Å². The van der Waals surface area contributed by atoms with Crippen LogP contribution in [0, 0.1) is 5.82 Å². The van der Waals surface area contributed by atoms with Crippen LogP contribution in [0.1, 0.15) is 32.6 Å². The van der Waals surface area contributed by atoms with E-state index >= 15 is 0 Å². The largest absolute Gasteiger partial charge is 0.397 e. The molecule has 1 aliphatic rings. The van der Waals surface area contributed by atoms with Gasteiger partial charge >= 0.3 is 0 Å². The van der Waals surface area contributed by atoms with Crippen molar-refractivity contribution in [2.24, 2.45) is 0 Å². The molecular weight excluding hydrogens is 239 g/mol. The van der Waals surface area contributed by atoms with Gasteiger partial charge in [-0.2, -0.15) is 0 Å². The number of halogens is 2. The third-order valence-corrected chi connectivity index (χ3v) is 3.77. The summed E-state index contributed by atoms with van der Waals surface area (Å²) in [6.07, 6.45) is 4.82. The fourth-order valence-corrected chi connectivity index (χ4v) is 2.81. The lowest BCUT2D eigenvalue weighted by Gasteiger charge is -2.31. The highest BCUT2D eigenvalue weighted by atomic mass is 35.5. The fourth-order valence-electron chi connectivity index (χ4n) is 2.64. The zero-order chi connectivity index (χ0) is 12.4. The summed E-state index contributed by atoms with van der Waals surface area (Å²) < 4.78 is 13.5. The lowest BCUT2D eigenvalue weighted by atomic mass is 10.1. The second-order valence-corrected chi connectivity index (χ2v) is 4.96. The number of rotatable bonds is 3. The van der Waals surface area contributed by atoms with E-state index in [2.05, 4.69) is 11.8 Å². The third kappa shape index (κ3) is 2.49. The number of hydrogen-bond acceptors (Lipinski definition) is 2. The first-order chi connectivity index (χ1) is 8.13. The quantitative estimate of drug-likeness (QED) is 0.833. The van der Waals surface area contributed by atoms with E-state index in [0.29, 0.717) is 11.7 Å². The monoisotopic (exact) mass is 256 g/mol. The van der Waals surface area contributed by atoms with Gasteiger partial charge in [0, 0.05) is 18.7 Å². The maximum Gasteiger partial charge on any atom is 0.144 e. The van der Waals surface area contributed by atoms with Crippen LogP contribution in [-0.2, 0) is 0 Å². The van der Waals surface area contributed by atoms with Crippen LogP contribution < -0.4 is 10.6 Å². The van der Waals surface area contributed by atoms with Gasteiger partial charge in [0.15, 0.2) is 0 Å². The van der Waals surface area contributed by atoms with Gasteiger partial charge in [0.05, 0.1) is 16.4 Å². The SMILES string of the molecule is CCN(c1cc(F)c(Cl)cc1N)C1CCCC1. The van der Waals surface area contributed by atoms with Crippen molar-refractivity contribution in [3.05, 3.63) is 23.0 Å². The molecular formula is C13H18ClFN2. The average molecular weight is 257 g/mol. The van der Waals surface area contributed by atoms with E-state index in [-0.39, 0.29) is 5.02 Å². The third-order valence-electron chi connectivity index (χ3n) is 3.49. The molecule has 0 saturated heterocycles. The second-order valence-electron chi connectivity index (χ2n) is 4.55. The molecule has 0 aromatic heterocycles. The minimum atomic E-state index is -0.396. The van der Waals surface area contributed by atoms with Crippen LogP contribution in [0.5, 0.6) is 0 Å². The summed E-state index contributed by atoms with van der Waals surface area (Å²) in [5, 5.41) is 0.0914. The van der Waals surface area contributed by atoms with E-state index in [1.54, 1.807) is 0 Å². The number of nitrogen functional groups attached to an aromatic ring is 1. The van der Waals surface area contributed by atoms with Gasteiger partial charge in [0.2, 0.25) is 0 Å². The maximum atomic E-state index is 13.5. The van der Waals surface area contributed by atoms with Gasteiger partial charge in [0.25, 0.3) is 0 Å². The smallest absolute Gasteiger partial charge is 0.144 e. The van der Waals surface area contributed by atoms with E-state index in [1.165, 1.54) is 25.0 Å². The van der Waals surface area contributed by atoms with Crippen molar-refractivity contribution in [2.45, 2.75) is 38.6 Å². The summed E-state index contributed by atoms with van der Waals surface area (Å²) in [6, 6.07) is 3.45. The molecule has 2 N–H and O–H groups in total. The van der Waals surface area contributed by atoms with Crippen molar-refractivity contribution in [3.63, 3.8) is 0 Å². The van der Waals surface area contributed by atoms with Crippen LogP contribution in [0.4, 0.5) is 15.8 Å². The Kier molecular flexibility index (Phi) is 3.77. The first kappa shape index (κ1) is 12.5. The van der Waals surface area contributed by atoms with Crippen molar-refractivity contribution in [2.75, 3.05) is 17.2 Å². The maximum absolute atomic E-state index is 13.5. The first-order valence-corrected chi connectivity index (χ1v) is 6.52. The molecule has 0 heterocycles. The van der Waals surface area contributed by atoms with Crippen molar-refractivity contribution < 1.29 is 4.39 Å². The summed E-state index contributed by atoms with van der Waals surface area (Å²) in [5.41, 5.74) is 7.28. The molecule has 1 aromatic carbocycles. The number of nitrogens with two attached hydrogens (primary N) is 1. The normalized spacial score (nSPS) is 16.4. The summed E-state index contributed by atoms with van der Waals surface area (Å²) >= 11 is 5.72. The zero-order valence-electron chi connectivity index (χ0n) is 10.0. The number of anilines is 2. The molecule has 0 bridgehead atoms. The molecule has 1 fully saturated rings. The predicted molar refractivity (Wildman–Crippen MR) is 71.1 cm³/mol. The molecule has 0 spiro atoms. The number of nitrogens with zero attached hydrogens (tertiary/aromatic N) is 1. The summed E-state index contributed by atoms with van der Waals surface area (Å²) in [4.78, 5) is 2.20. The Bertz CT molecular complexity index is 403. The van der Waals surface area contributed by atoms with Gasteiger partial charge < -0.3 is 10.6 Å². The van der Waals surface area contributed by atoms with Gasteiger partial charge in [-0.1, -0.05) is 24.4 Å². The topological polar surface area (TPSA) is 29.3 Å². The molecule has 0 unspecified atom stereocenters. The van der Waals surface area contributed by atoms with Crippen LogP contribution in [0.3, 0.4) is 0 Å². The van der Waals surface area contributed by atoms with Crippen LogP contribution in [0.25, 0.3) is 0 Å². The Morgan fingerprint density at radius 1 is 1.41 bits per heavy atom. The van der Waals surface area contributed by atoms with Crippen LogP contribution in [0.2, 0.25) is 5.02 Å². The minimum Gasteiger partial charge on any atom is -0.397 e. The Morgan fingerprint density at radius 2 is 2.06 bits per heavy atom. The summed E-state index contributed by atoms with van der Waals surface area (Å²) in [7, 11) is 0. The summed E-state index contributed by atoms with van der Waals surface area (Å²) in [6.45, 7) is 2.92. The summed E-state index contributed by atoms with van der Waals surface area (Å²) in [5.74, 6) is -0.396. The molecule has 1 aliphatic carbocycles. The van der Waals surface area contributed by atoms with Gasteiger partial charge in [-0.25, -0.2) is 4.39 Å². The molecule has 0 aliphatic heterocycles. The molecule has 4 heteroatoms. The lowest BCUT2D eigenvalue weighted by molar-refractivity contribution is 0.607. The molecule has 2 rings (SSSR count). The molecule has 0 atom stereocenters. The van der Waals surface area contributed by atoms with E-state index in [9.17, 15) is 4.39 Å². The molecule has 94 valence electrons. The van der Waals surface area contributed by atoms with Crippen molar-refractivity contribution in [1.29, 1.82) is 0 Å². The Morgan fingerprint density at radius 3 is 2.65 bits per heavy atom. The minimum absolute atomic E-state index is 0.0914. The predicted octanol–water partition coefficient (Wildman–Crippen LogP) is 3.83. The fraction of sp³-hybridized carbons (Fsp3) is 0.538. The molecule has 2 nitrogen and oxygen atoms in total. The van der Waals surface area contributed by atoms with Gasteiger partial charge in [-0.15, -0.1) is 0 Å². The van der Waals surface area contributed by atoms with Crippen LogP contribution in [-0.4, -0.2) is 12.6 Å². The van der Waals surface area contributed by atoms with Gasteiger partial charge in [0.1, 0.15) is 5.82 Å². The van der Waals surface area contributed by atoms with Crippen molar-refractivity contribution >= 4 is 23.0 Å². The van der Waals surface area contributed by atoms with E-state index in [1.807, 2.05) is 0 Å². The van der Waals surface area contributed by atoms with E-state index < -0.39 is 5.82 Å². The first-order valence-electron chi connectivity index (χ1n) is 6.14. The average Bonchev–Trinajstić information content (AvgIpc) is 2.80. The van der Waals surface area contributed by atoms with Gasteiger partial charge in [-0.05, 0) is 25.8 Å². The van der Waals surface area contributed by atoms with E-state index in [0.717, 1.165) is 25.1 Å². The number of benzene rings is 1. The van der Waals surface area contributed by atoms with Crippen LogP contribution in [0.15, 0.2) is 12.1 Å². The molecule has 0 amide bonds. The highest BCUT2D eigenvalue weighted by Gasteiger charge is 2.23. The number of hydrogen-bond donors (Lipinski definition) is 1. The van der Waals surface area contributed by atoms with Crippen molar-refractivity contribution in [3.8, 4) is 0 Å². The zero-order valence-corrected chi connectivity index (χ0v) is 10.8. The van der Waals surface area contributed by atoms with Gasteiger partial charge in [-0.3, -0.25) is 0 Å². The highest BCUT2D eigenvalue weighted by molar-refractivity contribution is 6.31. The second kappa shape index (κ2) is 5.13. The standard InChI is InChI=1S/C13H18ClFN2/c1-2-17(9-5-3-4-6-9)13-8-11(15)10(14)7-12(13)16/h7-9H,2-6,16H2,1H3. The Balaban J connectivity index is 2.32. The Labute approximate surface area is 107 Å². The van der Waals surface area contributed by atoms with E-state index in [4.69, 9.17) is 17.3 Å². The molecule has 1 aromatic rings. The highest BCUT2D eigenvalue weighted by Crippen LogP contribution is 2.34. The Hall–Kier alpha value is -0.960.